The molecular formula is C17H18N4OS2. The first kappa shape index (κ1) is 15.7. The van der Waals surface area contributed by atoms with Crippen LogP contribution in [0, 0.1) is 0 Å². The van der Waals surface area contributed by atoms with Gasteiger partial charge in [-0.15, -0.1) is 23.1 Å². The van der Waals surface area contributed by atoms with Gasteiger partial charge in [0.1, 0.15) is 16.1 Å². The van der Waals surface area contributed by atoms with Gasteiger partial charge in [-0.1, -0.05) is 6.08 Å². The van der Waals surface area contributed by atoms with Crippen LogP contribution in [0.25, 0.3) is 15.8 Å². The van der Waals surface area contributed by atoms with E-state index >= 15 is 0 Å². The zero-order chi connectivity index (χ0) is 17.1. The first-order valence-electron chi connectivity index (χ1n) is 7.75. The van der Waals surface area contributed by atoms with Crippen molar-refractivity contribution in [3.63, 3.8) is 0 Å². The van der Waals surface area contributed by atoms with Crippen molar-refractivity contribution in [2.75, 3.05) is 11.1 Å². The Hall–Kier alpha value is -1.86. The summed E-state index contributed by atoms with van der Waals surface area (Å²) in [4.78, 5) is 20.4. The first-order chi connectivity index (χ1) is 11.3. The minimum atomic E-state index is -0.433. The van der Waals surface area contributed by atoms with Crippen LogP contribution in [-0.4, -0.2) is 33.3 Å². The van der Waals surface area contributed by atoms with E-state index in [9.17, 15) is 4.79 Å². The number of nitrogens with zero attached hydrogens (tertiary/aromatic N) is 2. The maximum atomic E-state index is 11.3. The van der Waals surface area contributed by atoms with Crippen molar-refractivity contribution in [1.29, 1.82) is 0 Å². The molecule has 3 N–H and O–H groups in total. The van der Waals surface area contributed by atoms with Gasteiger partial charge in [0.2, 0.25) is 5.91 Å². The van der Waals surface area contributed by atoms with Gasteiger partial charge in [0.25, 0.3) is 0 Å². The van der Waals surface area contributed by atoms with Crippen LogP contribution in [0.5, 0.6) is 0 Å². The molecule has 0 saturated heterocycles. The number of thiazole rings is 1. The Morgan fingerprint density at radius 2 is 2.21 bits per heavy atom. The Balaban J connectivity index is 1.77. The van der Waals surface area contributed by atoms with Gasteiger partial charge in [0, 0.05) is 17.0 Å². The number of fused-ring (bicyclic) bond motifs is 2. The van der Waals surface area contributed by atoms with Crippen LogP contribution >= 0.6 is 23.1 Å². The SMILES string of the molecule is CC1=CC(C)(C)Nc2cc3sc(C4=N[C@@H](C(N)=O)CS4)nc3cc21. The van der Waals surface area contributed by atoms with Gasteiger partial charge < -0.3 is 11.1 Å². The number of nitrogens with two attached hydrogens (primary N) is 1. The summed E-state index contributed by atoms with van der Waals surface area (Å²) in [5, 5.41) is 5.25. The zero-order valence-corrected chi connectivity index (χ0v) is 15.3. The number of hydrogen-bond donors (Lipinski definition) is 2. The number of nitrogens with one attached hydrogen (secondary N) is 1. The smallest absolute Gasteiger partial charge is 0.243 e. The molecule has 0 aliphatic carbocycles. The standard InChI is InChI=1S/C17H18N4OS2/c1-8-6-17(2,3)21-10-5-13-11(4-9(8)10)19-16(24-13)15-20-12(7-23-15)14(18)22/h4-6,12,21H,7H2,1-3H3,(H2,18,22)/t12-/m1/s1. The van der Waals surface area contributed by atoms with Gasteiger partial charge >= 0.3 is 0 Å². The van der Waals surface area contributed by atoms with E-state index in [0.717, 1.165) is 26.0 Å². The number of allylic oxidation sites excluding steroid dienone is 1. The third-order valence-corrected chi connectivity index (χ3v) is 6.36. The summed E-state index contributed by atoms with van der Waals surface area (Å²) in [7, 11) is 0. The summed E-state index contributed by atoms with van der Waals surface area (Å²) >= 11 is 3.16. The molecule has 0 bridgehead atoms. The van der Waals surface area contributed by atoms with Crippen LogP contribution < -0.4 is 11.1 Å². The van der Waals surface area contributed by atoms with Crippen molar-refractivity contribution >= 4 is 55.5 Å². The average Bonchev–Trinajstić information content (AvgIpc) is 3.10. The van der Waals surface area contributed by atoms with E-state index in [1.165, 1.54) is 11.1 Å². The monoisotopic (exact) mass is 358 g/mol. The predicted octanol–water partition coefficient (Wildman–Crippen LogP) is 3.25. The number of carbonyl (C=O) groups excluding carboxylic acids is 1. The quantitative estimate of drug-likeness (QED) is 0.863. The van der Waals surface area contributed by atoms with Crippen LogP contribution in [0.2, 0.25) is 0 Å². The molecule has 4 rings (SSSR count). The molecule has 0 fully saturated rings. The van der Waals surface area contributed by atoms with E-state index in [-0.39, 0.29) is 11.4 Å². The Bertz CT molecular complexity index is 926. The maximum absolute atomic E-state index is 11.3. The molecule has 0 radical (unpaired) electrons. The minimum absolute atomic E-state index is 0.0572. The van der Waals surface area contributed by atoms with E-state index in [1.54, 1.807) is 23.1 Å². The molecule has 5 nitrogen and oxygen atoms in total. The minimum Gasteiger partial charge on any atom is -0.376 e. The summed E-state index contributed by atoms with van der Waals surface area (Å²) in [5.41, 5.74) is 9.84. The molecule has 2 aromatic rings. The molecule has 2 aliphatic heterocycles. The normalized spacial score (nSPS) is 21.9. The Morgan fingerprint density at radius 3 is 2.92 bits per heavy atom. The number of benzene rings is 1. The van der Waals surface area contributed by atoms with E-state index in [2.05, 4.69) is 49.3 Å². The fraction of sp³-hybridized carbons (Fsp3) is 0.353. The zero-order valence-electron chi connectivity index (χ0n) is 13.7. The third kappa shape index (κ3) is 2.61. The highest BCUT2D eigenvalue weighted by Gasteiger charge is 2.27. The fourth-order valence-corrected chi connectivity index (χ4v) is 5.24. The van der Waals surface area contributed by atoms with E-state index in [1.807, 2.05) is 0 Å². The Kier molecular flexibility index (Phi) is 3.47. The highest BCUT2D eigenvalue weighted by Crippen LogP contribution is 2.38. The molecule has 1 atom stereocenters. The molecular weight excluding hydrogens is 340 g/mol. The highest BCUT2D eigenvalue weighted by atomic mass is 32.2. The molecule has 7 heteroatoms. The van der Waals surface area contributed by atoms with Crippen molar-refractivity contribution in [3.05, 3.63) is 28.8 Å². The fourth-order valence-electron chi connectivity index (χ4n) is 3.13. The Morgan fingerprint density at radius 1 is 1.42 bits per heavy atom. The van der Waals surface area contributed by atoms with Crippen LogP contribution in [0.3, 0.4) is 0 Å². The summed E-state index contributed by atoms with van der Waals surface area (Å²) in [6.45, 7) is 6.46. The molecule has 124 valence electrons. The number of rotatable bonds is 2. The lowest BCUT2D eigenvalue weighted by molar-refractivity contribution is -0.118. The third-order valence-electron chi connectivity index (χ3n) is 4.15. The van der Waals surface area contributed by atoms with Gasteiger partial charge in [0.15, 0.2) is 0 Å². The molecule has 1 aromatic carbocycles. The maximum Gasteiger partial charge on any atom is 0.243 e. The van der Waals surface area contributed by atoms with Gasteiger partial charge in [0.05, 0.1) is 15.8 Å². The summed E-state index contributed by atoms with van der Waals surface area (Å²) in [6, 6.07) is 3.86. The number of amides is 1. The summed E-state index contributed by atoms with van der Waals surface area (Å²) in [6.07, 6.45) is 2.24. The second kappa shape index (κ2) is 5.32. The van der Waals surface area contributed by atoms with Gasteiger partial charge in [-0.2, -0.15) is 0 Å². The number of aromatic nitrogens is 1. The van der Waals surface area contributed by atoms with Crippen molar-refractivity contribution in [2.24, 2.45) is 10.7 Å². The van der Waals surface area contributed by atoms with Crippen LogP contribution in [0.4, 0.5) is 5.69 Å². The van der Waals surface area contributed by atoms with E-state index in [4.69, 9.17) is 10.7 Å². The molecule has 3 heterocycles. The number of aliphatic imine (C=N–C) groups is 1. The number of hydrogen-bond acceptors (Lipinski definition) is 6. The molecule has 1 amide bonds. The number of carbonyl (C=O) groups is 1. The topological polar surface area (TPSA) is 80.4 Å². The molecule has 0 unspecified atom stereocenters. The van der Waals surface area contributed by atoms with Gasteiger partial charge in [-0.05, 0) is 38.5 Å². The van der Waals surface area contributed by atoms with Gasteiger partial charge in [-0.25, -0.2) is 4.98 Å². The second-order valence-corrected chi connectivity index (χ2v) is 8.76. The van der Waals surface area contributed by atoms with E-state index in [0.29, 0.717) is 5.75 Å². The highest BCUT2D eigenvalue weighted by molar-refractivity contribution is 8.15. The van der Waals surface area contributed by atoms with Crippen LogP contribution in [0.15, 0.2) is 23.2 Å². The first-order valence-corrected chi connectivity index (χ1v) is 9.55. The molecule has 24 heavy (non-hydrogen) atoms. The molecule has 2 aliphatic rings. The average molecular weight is 358 g/mol. The summed E-state index contributed by atoms with van der Waals surface area (Å²) < 4.78 is 1.12. The second-order valence-electron chi connectivity index (χ2n) is 6.72. The lowest BCUT2D eigenvalue weighted by Crippen LogP contribution is -2.31. The van der Waals surface area contributed by atoms with Crippen LogP contribution in [0.1, 0.15) is 31.3 Å². The molecule has 0 saturated carbocycles. The van der Waals surface area contributed by atoms with Crippen molar-refractivity contribution < 1.29 is 4.79 Å². The van der Waals surface area contributed by atoms with Crippen LogP contribution in [-0.2, 0) is 4.79 Å². The number of anilines is 1. The largest absolute Gasteiger partial charge is 0.376 e. The van der Waals surface area contributed by atoms with E-state index < -0.39 is 6.04 Å². The lowest BCUT2D eigenvalue weighted by atomic mass is 9.91. The Labute approximate surface area is 148 Å². The lowest BCUT2D eigenvalue weighted by Gasteiger charge is -2.31. The molecule has 1 aromatic heterocycles. The van der Waals surface area contributed by atoms with Crippen molar-refractivity contribution in [3.8, 4) is 0 Å². The predicted molar refractivity (Wildman–Crippen MR) is 103 cm³/mol. The number of primary amides is 1. The van der Waals surface area contributed by atoms with Crippen molar-refractivity contribution in [2.45, 2.75) is 32.4 Å². The number of thioether (sulfide) groups is 1. The molecule has 0 spiro atoms. The van der Waals surface area contributed by atoms with Crippen molar-refractivity contribution in [1.82, 2.24) is 4.98 Å². The van der Waals surface area contributed by atoms with Gasteiger partial charge in [-0.3, -0.25) is 9.79 Å². The summed E-state index contributed by atoms with van der Waals surface area (Å²) in [5.74, 6) is 0.232.